The van der Waals surface area contributed by atoms with Crippen LogP contribution in [0, 0.1) is 11.3 Å². The fourth-order valence-electron chi connectivity index (χ4n) is 3.42. The SMILES string of the molecule is CCOC(=O)C1=c2s/c(=C/c3cccnc3)c(=O)n2[C@@H](c2cccnc2)C(C#N)=C1N. The summed E-state index contributed by atoms with van der Waals surface area (Å²) in [5.74, 6) is -0.680. The normalized spacial score (nSPS) is 16.1. The molecule has 0 radical (unpaired) electrons. The molecule has 0 fully saturated rings. The van der Waals surface area contributed by atoms with Gasteiger partial charge in [-0.3, -0.25) is 19.3 Å². The molecule has 0 saturated carbocycles. The molecule has 154 valence electrons. The first kappa shape index (κ1) is 20.3. The van der Waals surface area contributed by atoms with E-state index in [0.29, 0.717) is 14.8 Å². The predicted octanol–water partition coefficient (Wildman–Crippen LogP) is 0.582. The van der Waals surface area contributed by atoms with E-state index in [4.69, 9.17) is 10.5 Å². The van der Waals surface area contributed by atoms with E-state index in [1.165, 1.54) is 4.57 Å². The van der Waals surface area contributed by atoms with E-state index in [1.54, 1.807) is 56.0 Å². The van der Waals surface area contributed by atoms with Crippen molar-refractivity contribution in [3.05, 3.63) is 91.0 Å². The Labute approximate surface area is 180 Å². The van der Waals surface area contributed by atoms with Crippen molar-refractivity contribution in [3.63, 3.8) is 0 Å². The number of hydrogen-bond acceptors (Lipinski definition) is 8. The maximum Gasteiger partial charge on any atom is 0.343 e. The van der Waals surface area contributed by atoms with Gasteiger partial charge in [0.2, 0.25) is 0 Å². The van der Waals surface area contributed by atoms with Crippen LogP contribution in [0.15, 0.2) is 65.1 Å². The second-order valence-electron chi connectivity index (χ2n) is 6.60. The summed E-state index contributed by atoms with van der Waals surface area (Å²) in [7, 11) is 0. The van der Waals surface area contributed by atoms with Gasteiger partial charge in [0.1, 0.15) is 16.3 Å². The molecule has 0 saturated heterocycles. The van der Waals surface area contributed by atoms with Crippen molar-refractivity contribution >= 4 is 29.0 Å². The molecule has 9 heteroatoms. The minimum Gasteiger partial charge on any atom is -0.462 e. The molecule has 0 spiro atoms. The van der Waals surface area contributed by atoms with Gasteiger partial charge < -0.3 is 10.5 Å². The van der Waals surface area contributed by atoms with Crippen molar-refractivity contribution < 1.29 is 9.53 Å². The summed E-state index contributed by atoms with van der Waals surface area (Å²) in [6.45, 7) is 1.81. The van der Waals surface area contributed by atoms with Gasteiger partial charge >= 0.3 is 5.97 Å². The van der Waals surface area contributed by atoms with E-state index in [1.807, 2.05) is 6.07 Å². The Morgan fingerprint density at radius 1 is 1.32 bits per heavy atom. The molecule has 1 atom stereocenters. The van der Waals surface area contributed by atoms with Gasteiger partial charge in [0.05, 0.1) is 28.5 Å². The summed E-state index contributed by atoms with van der Waals surface area (Å²) in [6.07, 6.45) is 8.13. The Kier molecular flexibility index (Phi) is 5.47. The number of nitriles is 1. The van der Waals surface area contributed by atoms with Crippen LogP contribution in [0.3, 0.4) is 0 Å². The number of aromatic nitrogens is 3. The van der Waals surface area contributed by atoms with Gasteiger partial charge in [-0.1, -0.05) is 12.1 Å². The van der Waals surface area contributed by atoms with Crippen LogP contribution in [0.2, 0.25) is 0 Å². The van der Waals surface area contributed by atoms with Crippen LogP contribution in [0.25, 0.3) is 11.6 Å². The fraction of sp³-hybridized carbons (Fsp3) is 0.136. The van der Waals surface area contributed by atoms with Gasteiger partial charge in [-0.25, -0.2) is 4.79 Å². The molecule has 1 aliphatic heterocycles. The second-order valence-corrected chi connectivity index (χ2v) is 7.63. The average Bonchev–Trinajstić information content (AvgIpc) is 3.09. The average molecular weight is 431 g/mol. The van der Waals surface area contributed by atoms with Gasteiger partial charge in [-0.05, 0) is 36.3 Å². The highest BCUT2D eigenvalue weighted by atomic mass is 32.1. The number of allylic oxidation sites excluding steroid dienone is 1. The van der Waals surface area contributed by atoms with Gasteiger partial charge in [0.25, 0.3) is 5.56 Å². The van der Waals surface area contributed by atoms with Crippen molar-refractivity contribution in [3.8, 4) is 6.07 Å². The largest absolute Gasteiger partial charge is 0.462 e. The molecular formula is C22H17N5O3S. The number of pyridine rings is 2. The number of thiazole rings is 1. The van der Waals surface area contributed by atoms with E-state index in [9.17, 15) is 14.9 Å². The number of nitrogens with two attached hydrogens (primary N) is 1. The van der Waals surface area contributed by atoms with Crippen LogP contribution in [-0.4, -0.2) is 27.1 Å². The van der Waals surface area contributed by atoms with Crippen molar-refractivity contribution in [1.82, 2.24) is 14.5 Å². The first-order valence-electron chi connectivity index (χ1n) is 9.41. The highest BCUT2D eigenvalue weighted by Gasteiger charge is 2.34. The number of fused-ring (bicyclic) bond motifs is 1. The number of hydrogen-bond donors (Lipinski definition) is 1. The Morgan fingerprint density at radius 2 is 2.06 bits per heavy atom. The van der Waals surface area contributed by atoms with Gasteiger partial charge in [0, 0.05) is 24.8 Å². The molecule has 3 aromatic heterocycles. The lowest BCUT2D eigenvalue weighted by molar-refractivity contribution is -0.136. The Bertz CT molecular complexity index is 1400. The number of esters is 1. The van der Waals surface area contributed by atoms with E-state index >= 15 is 0 Å². The molecule has 4 rings (SSSR count). The van der Waals surface area contributed by atoms with Crippen LogP contribution < -0.4 is 20.5 Å². The molecule has 0 unspecified atom stereocenters. The van der Waals surface area contributed by atoms with Gasteiger partial charge in [-0.2, -0.15) is 5.26 Å². The number of ether oxygens (including phenoxy) is 1. The molecule has 0 amide bonds. The third-order valence-electron chi connectivity index (χ3n) is 4.74. The molecule has 4 heterocycles. The zero-order chi connectivity index (χ0) is 22.0. The lowest BCUT2D eigenvalue weighted by Crippen LogP contribution is -2.41. The van der Waals surface area contributed by atoms with E-state index < -0.39 is 12.0 Å². The predicted molar refractivity (Wildman–Crippen MR) is 115 cm³/mol. The van der Waals surface area contributed by atoms with E-state index in [-0.39, 0.29) is 29.0 Å². The minimum absolute atomic E-state index is 0.00369. The van der Waals surface area contributed by atoms with Crippen LogP contribution in [-0.2, 0) is 9.53 Å². The highest BCUT2D eigenvalue weighted by molar-refractivity contribution is 7.07. The smallest absolute Gasteiger partial charge is 0.343 e. The van der Waals surface area contributed by atoms with Crippen LogP contribution >= 0.6 is 11.3 Å². The summed E-state index contributed by atoms with van der Waals surface area (Å²) >= 11 is 1.12. The molecule has 0 aliphatic carbocycles. The summed E-state index contributed by atoms with van der Waals surface area (Å²) in [6, 6.07) is 8.33. The number of carbonyl (C=O) groups excluding carboxylic acids is 1. The zero-order valence-corrected chi connectivity index (χ0v) is 17.3. The zero-order valence-electron chi connectivity index (χ0n) is 16.5. The summed E-state index contributed by atoms with van der Waals surface area (Å²) in [4.78, 5) is 34.4. The summed E-state index contributed by atoms with van der Waals surface area (Å²) in [5.41, 5.74) is 7.40. The monoisotopic (exact) mass is 431 g/mol. The molecule has 31 heavy (non-hydrogen) atoms. The highest BCUT2D eigenvalue weighted by Crippen LogP contribution is 2.30. The topological polar surface area (TPSA) is 124 Å². The molecule has 0 bridgehead atoms. The molecule has 2 N–H and O–H groups in total. The maximum absolute atomic E-state index is 13.5. The second kappa shape index (κ2) is 8.38. The van der Waals surface area contributed by atoms with Crippen molar-refractivity contribution in [1.29, 1.82) is 5.26 Å². The first-order chi connectivity index (χ1) is 15.1. The number of rotatable bonds is 4. The van der Waals surface area contributed by atoms with Crippen molar-refractivity contribution in [2.24, 2.45) is 5.73 Å². The third-order valence-corrected chi connectivity index (χ3v) is 5.85. The quantitative estimate of drug-likeness (QED) is 0.599. The first-order valence-corrected chi connectivity index (χ1v) is 10.2. The maximum atomic E-state index is 13.5. The fourth-order valence-corrected chi connectivity index (χ4v) is 4.59. The molecule has 1 aliphatic rings. The molecule has 0 aromatic carbocycles. The van der Waals surface area contributed by atoms with Crippen LogP contribution in [0.5, 0.6) is 0 Å². The van der Waals surface area contributed by atoms with E-state index in [2.05, 4.69) is 16.0 Å². The van der Waals surface area contributed by atoms with Crippen LogP contribution in [0.4, 0.5) is 0 Å². The standard InChI is InChI=1S/C22H17N5O3S/c1-2-30-22(29)17-18(24)15(10-23)19(14-6-4-8-26-12-14)27-20(28)16(31-21(17)27)9-13-5-3-7-25-11-13/h3-9,11-12,19H,2,24H2,1H3/b16-9+/t19-/m0/s1. The van der Waals surface area contributed by atoms with Crippen molar-refractivity contribution in [2.75, 3.05) is 6.61 Å². The van der Waals surface area contributed by atoms with Gasteiger partial charge in [0.15, 0.2) is 0 Å². The number of nitrogens with zero attached hydrogens (tertiary/aromatic N) is 4. The Hall–Kier alpha value is -4.03. The Morgan fingerprint density at radius 3 is 2.68 bits per heavy atom. The van der Waals surface area contributed by atoms with E-state index in [0.717, 1.165) is 16.9 Å². The minimum atomic E-state index is -0.799. The molecule has 3 aromatic rings. The van der Waals surface area contributed by atoms with Gasteiger partial charge in [-0.15, -0.1) is 11.3 Å². The lowest BCUT2D eigenvalue weighted by Gasteiger charge is -2.24. The molecular weight excluding hydrogens is 414 g/mol. The van der Waals surface area contributed by atoms with Crippen LogP contribution in [0.1, 0.15) is 24.1 Å². The summed E-state index contributed by atoms with van der Waals surface area (Å²) < 4.78 is 7.31. The molecule has 8 nitrogen and oxygen atoms in total. The third kappa shape index (κ3) is 3.53. The summed E-state index contributed by atoms with van der Waals surface area (Å²) in [5, 5.41) is 9.88. The van der Waals surface area contributed by atoms with Crippen molar-refractivity contribution in [2.45, 2.75) is 13.0 Å². The Balaban J connectivity index is 2.10. The lowest BCUT2D eigenvalue weighted by atomic mass is 9.94. The number of carbonyl (C=O) groups is 1.